The van der Waals surface area contributed by atoms with Crippen molar-refractivity contribution in [1.29, 1.82) is 0 Å². The van der Waals surface area contributed by atoms with Crippen molar-refractivity contribution in [3.8, 4) is 5.75 Å². The number of hydrogen-bond acceptors (Lipinski definition) is 4. The summed E-state index contributed by atoms with van der Waals surface area (Å²) in [4.78, 5) is 2.14. The fourth-order valence-electron chi connectivity index (χ4n) is 2.71. The van der Waals surface area contributed by atoms with E-state index in [0.717, 1.165) is 12.2 Å². The predicted molar refractivity (Wildman–Crippen MR) is 78.8 cm³/mol. The van der Waals surface area contributed by atoms with Gasteiger partial charge in [-0.25, -0.2) is 0 Å². The molecule has 0 aliphatic carbocycles. The lowest BCUT2D eigenvalue weighted by Crippen LogP contribution is -2.37. The average molecular weight is 277 g/mol. The minimum atomic E-state index is -0.472. The molecule has 20 heavy (non-hydrogen) atoms. The zero-order chi connectivity index (χ0) is 14.7. The maximum atomic E-state index is 10.1. The largest absolute Gasteiger partial charge is 0.497 e. The van der Waals surface area contributed by atoms with Crippen LogP contribution in [0.15, 0.2) is 36.6 Å². The second-order valence-corrected chi connectivity index (χ2v) is 5.41. The van der Waals surface area contributed by atoms with Gasteiger partial charge in [-0.15, -0.1) is 0 Å². The molecule has 3 atom stereocenters. The monoisotopic (exact) mass is 277 g/mol. The fourth-order valence-corrected chi connectivity index (χ4v) is 2.71. The molecule has 4 heteroatoms. The third kappa shape index (κ3) is 3.32. The van der Waals surface area contributed by atoms with Gasteiger partial charge in [0, 0.05) is 6.54 Å². The van der Waals surface area contributed by atoms with E-state index in [1.54, 1.807) is 7.11 Å². The highest BCUT2D eigenvalue weighted by Gasteiger charge is 2.40. The average Bonchev–Trinajstić information content (AvgIpc) is 2.66. The van der Waals surface area contributed by atoms with Gasteiger partial charge in [0.05, 0.1) is 18.9 Å². The van der Waals surface area contributed by atoms with Crippen molar-refractivity contribution in [3.63, 3.8) is 0 Å². The Balaban J connectivity index is 2.09. The molecule has 0 bridgehead atoms. The first-order chi connectivity index (χ1) is 9.51. The van der Waals surface area contributed by atoms with Gasteiger partial charge in [0.2, 0.25) is 0 Å². The van der Waals surface area contributed by atoms with Gasteiger partial charge < -0.3 is 14.6 Å². The fraction of sp³-hybridized carbons (Fsp3) is 0.500. The number of aliphatic hydroxyl groups is 1. The van der Waals surface area contributed by atoms with Gasteiger partial charge in [0.25, 0.3) is 0 Å². The topological polar surface area (TPSA) is 41.9 Å². The number of likely N-dealkylation sites (tertiary alicyclic amines) is 1. The van der Waals surface area contributed by atoms with Gasteiger partial charge in [0.15, 0.2) is 0 Å². The number of aliphatic hydroxyl groups excluding tert-OH is 1. The summed E-state index contributed by atoms with van der Waals surface area (Å²) in [5.41, 5.74) is 1.20. The molecule has 1 heterocycles. The second-order valence-electron chi connectivity index (χ2n) is 5.41. The smallest absolute Gasteiger partial charge is 0.141 e. The van der Waals surface area contributed by atoms with Crippen molar-refractivity contribution in [3.05, 3.63) is 42.2 Å². The summed E-state index contributed by atoms with van der Waals surface area (Å²) >= 11 is 0. The second kappa shape index (κ2) is 6.29. The molecular formula is C16H23NO3. The first kappa shape index (κ1) is 14.9. The third-order valence-corrected chi connectivity index (χ3v) is 3.74. The minimum Gasteiger partial charge on any atom is -0.497 e. The van der Waals surface area contributed by atoms with Crippen molar-refractivity contribution >= 4 is 0 Å². The Morgan fingerprint density at radius 3 is 2.60 bits per heavy atom. The molecule has 110 valence electrons. The highest BCUT2D eigenvalue weighted by molar-refractivity contribution is 5.28. The van der Waals surface area contributed by atoms with Crippen molar-refractivity contribution in [1.82, 2.24) is 4.90 Å². The summed E-state index contributed by atoms with van der Waals surface area (Å²) in [6.45, 7) is 6.21. The molecule has 0 radical (unpaired) electrons. The molecule has 0 unspecified atom stereocenters. The zero-order valence-corrected chi connectivity index (χ0v) is 12.4. The van der Waals surface area contributed by atoms with Gasteiger partial charge >= 0.3 is 0 Å². The van der Waals surface area contributed by atoms with Crippen molar-refractivity contribution in [2.24, 2.45) is 0 Å². The molecule has 1 aromatic carbocycles. The van der Waals surface area contributed by atoms with E-state index in [9.17, 15) is 5.11 Å². The molecular weight excluding hydrogens is 254 g/mol. The molecule has 0 saturated carbocycles. The third-order valence-electron chi connectivity index (χ3n) is 3.74. The van der Waals surface area contributed by atoms with E-state index in [-0.39, 0.29) is 12.1 Å². The Bertz CT molecular complexity index is 457. The van der Waals surface area contributed by atoms with E-state index >= 15 is 0 Å². The normalized spacial score (nSPS) is 26.5. The molecule has 1 aliphatic heterocycles. The van der Waals surface area contributed by atoms with Crippen LogP contribution in [0.1, 0.15) is 12.5 Å². The highest BCUT2D eigenvalue weighted by atomic mass is 16.5. The van der Waals surface area contributed by atoms with Crippen LogP contribution in [0.4, 0.5) is 0 Å². The van der Waals surface area contributed by atoms with Crippen LogP contribution in [-0.2, 0) is 11.2 Å². The van der Waals surface area contributed by atoms with Crippen LogP contribution < -0.4 is 4.74 Å². The lowest BCUT2D eigenvalue weighted by Gasteiger charge is -2.26. The predicted octanol–water partition coefficient (Wildman–Crippen LogP) is 1.83. The van der Waals surface area contributed by atoms with Gasteiger partial charge in [-0.1, -0.05) is 18.7 Å². The summed E-state index contributed by atoms with van der Waals surface area (Å²) in [5.74, 6) is 1.49. The van der Waals surface area contributed by atoms with Gasteiger partial charge in [-0.05, 0) is 38.1 Å². The minimum absolute atomic E-state index is 0.148. The van der Waals surface area contributed by atoms with E-state index in [1.807, 2.05) is 26.1 Å². The quantitative estimate of drug-likeness (QED) is 0.834. The van der Waals surface area contributed by atoms with Gasteiger partial charge in [0.1, 0.15) is 18.0 Å². The summed E-state index contributed by atoms with van der Waals surface area (Å²) in [7, 11) is 3.67. The standard InChI is InChI=1S/C16H23NO3/c1-11(2)20-16-14(17(3)10-15(16)18)9-12-5-7-13(19-4)8-6-12/h5-8,14-16,18H,1,9-10H2,2-4H3/t14-,15-,16+/m1/s1. The van der Waals surface area contributed by atoms with E-state index < -0.39 is 6.10 Å². The number of methoxy groups -OCH3 is 1. The molecule has 2 rings (SSSR count). The SMILES string of the molecule is C=C(C)O[C@@H]1[C@H](O)CN(C)[C@@H]1Cc1ccc(OC)cc1. The molecule has 0 aromatic heterocycles. The number of rotatable bonds is 5. The number of hydrogen-bond donors (Lipinski definition) is 1. The summed E-state index contributed by atoms with van der Waals surface area (Å²) in [6, 6.07) is 8.16. The number of ether oxygens (including phenoxy) is 2. The number of benzene rings is 1. The van der Waals surface area contributed by atoms with Crippen molar-refractivity contribution in [2.45, 2.75) is 31.6 Å². The molecule has 0 spiro atoms. The summed E-state index contributed by atoms with van der Waals surface area (Å²) in [5, 5.41) is 10.1. The van der Waals surface area contributed by atoms with Crippen LogP contribution in [0.3, 0.4) is 0 Å². The molecule has 1 aliphatic rings. The maximum absolute atomic E-state index is 10.1. The van der Waals surface area contributed by atoms with Crippen molar-refractivity contribution < 1.29 is 14.6 Å². The van der Waals surface area contributed by atoms with Crippen LogP contribution >= 0.6 is 0 Å². The Morgan fingerprint density at radius 1 is 1.40 bits per heavy atom. The molecule has 4 nitrogen and oxygen atoms in total. The molecule has 1 saturated heterocycles. The van der Waals surface area contributed by atoms with E-state index in [0.29, 0.717) is 12.3 Å². The van der Waals surface area contributed by atoms with Gasteiger partial charge in [-0.3, -0.25) is 4.90 Å². The van der Waals surface area contributed by atoms with Gasteiger partial charge in [-0.2, -0.15) is 0 Å². The molecule has 1 N–H and O–H groups in total. The Kier molecular flexibility index (Phi) is 4.68. The van der Waals surface area contributed by atoms with E-state index in [4.69, 9.17) is 9.47 Å². The molecule has 1 aromatic rings. The number of β-amino-alcohol motifs (C(OH)–C–C–N with tert-alkyl or cyclic N) is 1. The highest BCUT2D eigenvalue weighted by Crippen LogP contribution is 2.25. The molecule has 0 amide bonds. The Morgan fingerprint density at radius 2 is 2.05 bits per heavy atom. The summed E-state index contributed by atoms with van der Waals surface area (Å²) in [6.07, 6.45) is 0.134. The van der Waals surface area contributed by atoms with Crippen LogP contribution in [0, 0.1) is 0 Å². The van der Waals surface area contributed by atoms with Crippen LogP contribution in [0.2, 0.25) is 0 Å². The van der Waals surface area contributed by atoms with Crippen LogP contribution in [0.25, 0.3) is 0 Å². The van der Waals surface area contributed by atoms with Crippen molar-refractivity contribution in [2.75, 3.05) is 20.7 Å². The lowest BCUT2D eigenvalue weighted by atomic mass is 10.0. The maximum Gasteiger partial charge on any atom is 0.141 e. The number of allylic oxidation sites excluding steroid dienone is 1. The van der Waals surface area contributed by atoms with E-state index in [1.165, 1.54) is 5.56 Å². The van der Waals surface area contributed by atoms with Crippen LogP contribution in [-0.4, -0.2) is 49.0 Å². The first-order valence-corrected chi connectivity index (χ1v) is 6.84. The zero-order valence-electron chi connectivity index (χ0n) is 12.4. The number of nitrogens with zero attached hydrogens (tertiary/aromatic N) is 1. The first-order valence-electron chi connectivity index (χ1n) is 6.84. The van der Waals surface area contributed by atoms with Crippen LogP contribution in [0.5, 0.6) is 5.75 Å². The number of likely N-dealkylation sites (N-methyl/N-ethyl adjacent to an activating group) is 1. The Labute approximate surface area is 120 Å². The van der Waals surface area contributed by atoms with E-state index in [2.05, 4.69) is 23.6 Å². The lowest BCUT2D eigenvalue weighted by molar-refractivity contribution is 0.0122. The summed E-state index contributed by atoms with van der Waals surface area (Å²) < 4.78 is 10.9. The Hall–Kier alpha value is -1.52. The molecule has 1 fully saturated rings.